The number of aliphatic hydroxyl groups is 1. The molecule has 2 rings (SSSR count). The number of para-hydroxylation sites is 1. The van der Waals surface area contributed by atoms with Crippen LogP contribution in [-0.2, 0) is 9.53 Å². The fourth-order valence-corrected chi connectivity index (χ4v) is 2.75. The van der Waals surface area contributed by atoms with Gasteiger partial charge in [0.1, 0.15) is 11.4 Å². The number of amides is 1. The lowest BCUT2D eigenvalue weighted by Crippen LogP contribution is -2.52. The SMILES string of the molecule is CCOC[C@H]1CCN(C(=O)[C@H](Oc2ccccc2)C(C)(C)O)C1. The number of hydrogen-bond donors (Lipinski definition) is 1. The summed E-state index contributed by atoms with van der Waals surface area (Å²) in [5, 5.41) is 10.4. The van der Waals surface area contributed by atoms with Gasteiger partial charge in [0, 0.05) is 25.6 Å². The molecule has 1 aliphatic heterocycles. The number of benzene rings is 1. The van der Waals surface area contributed by atoms with Gasteiger partial charge >= 0.3 is 0 Å². The summed E-state index contributed by atoms with van der Waals surface area (Å²) in [6.45, 7) is 7.88. The molecule has 0 unspecified atom stereocenters. The lowest BCUT2D eigenvalue weighted by molar-refractivity contribution is -0.148. The maximum atomic E-state index is 12.8. The minimum Gasteiger partial charge on any atom is -0.478 e. The highest BCUT2D eigenvalue weighted by atomic mass is 16.5. The van der Waals surface area contributed by atoms with Gasteiger partial charge in [-0.05, 0) is 39.3 Å². The zero-order valence-corrected chi connectivity index (χ0v) is 14.2. The van der Waals surface area contributed by atoms with E-state index in [0.29, 0.717) is 38.0 Å². The second-order valence-corrected chi connectivity index (χ2v) is 6.56. The number of nitrogens with zero attached hydrogens (tertiary/aromatic N) is 1. The number of hydrogen-bond acceptors (Lipinski definition) is 4. The van der Waals surface area contributed by atoms with Gasteiger partial charge in [0.25, 0.3) is 5.91 Å². The van der Waals surface area contributed by atoms with Crippen LogP contribution in [0.5, 0.6) is 5.75 Å². The molecule has 5 heteroatoms. The molecular weight excluding hydrogens is 294 g/mol. The van der Waals surface area contributed by atoms with E-state index in [1.54, 1.807) is 30.9 Å². The van der Waals surface area contributed by atoms with Crippen molar-refractivity contribution >= 4 is 5.91 Å². The van der Waals surface area contributed by atoms with E-state index in [1.165, 1.54) is 0 Å². The van der Waals surface area contributed by atoms with Crippen molar-refractivity contribution in [2.45, 2.75) is 38.9 Å². The van der Waals surface area contributed by atoms with E-state index in [2.05, 4.69) is 0 Å². The third-order valence-corrected chi connectivity index (χ3v) is 4.02. The number of carbonyl (C=O) groups is 1. The summed E-state index contributed by atoms with van der Waals surface area (Å²) >= 11 is 0. The molecule has 0 aliphatic carbocycles. The normalized spacial score (nSPS) is 19.7. The Bertz CT molecular complexity index is 497. The highest BCUT2D eigenvalue weighted by Gasteiger charge is 2.40. The van der Waals surface area contributed by atoms with E-state index in [9.17, 15) is 9.90 Å². The van der Waals surface area contributed by atoms with Gasteiger partial charge in [-0.3, -0.25) is 4.79 Å². The third kappa shape index (κ3) is 4.94. The molecule has 2 atom stereocenters. The van der Waals surface area contributed by atoms with Crippen molar-refractivity contribution in [1.29, 1.82) is 0 Å². The summed E-state index contributed by atoms with van der Waals surface area (Å²) in [6.07, 6.45) is 0.00564. The maximum absolute atomic E-state index is 12.8. The smallest absolute Gasteiger partial charge is 0.266 e. The third-order valence-electron chi connectivity index (χ3n) is 4.02. The summed E-state index contributed by atoms with van der Waals surface area (Å²) in [4.78, 5) is 14.6. The van der Waals surface area contributed by atoms with Gasteiger partial charge in [0.05, 0.1) is 6.61 Å². The first-order valence-corrected chi connectivity index (χ1v) is 8.22. The van der Waals surface area contributed by atoms with Crippen molar-refractivity contribution < 1.29 is 19.4 Å². The second kappa shape index (κ2) is 7.79. The van der Waals surface area contributed by atoms with Gasteiger partial charge in [0.15, 0.2) is 0 Å². The van der Waals surface area contributed by atoms with E-state index in [4.69, 9.17) is 9.47 Å². The lowest BCUT2D eigenvalue weighted by Gasteiger charge is -2.32. The fraction of sp³-hybridized carbons (Fsp3) is 0.611. The van der Waals surface area contributed by atoms with Crippen molar-refractivity contribution in [2.75, 3.05) is 26.3 Å². The molecule has 0 saturated carbocycles. The molecule has 0 bridgehead atoms. The van der Waals surface area contributed by atoms with Crippen LogP contribution in [0.3, 0.4) is 0 Å². The second-order valence-electron chi connectivity index (χ2n) is 6.56. The Hall–Kier alpha value is -1.59. The molecule has 23 heavy (non-hydrogen) atoms. The molecule has 1 saturated heterocycles. The molecule has 0 aromatic heterocycles. The first-order chi connectivity index (χ1) is 10.9. The predicted molar refractivity (Wildman–Crippen MR) is 88.3 cm³/mol. The highest BCUT2D eigenvalue weighted by Crippen LogP contribution is 2.24. The number of rotatable bonds is 7. The minimum atomic E-state index is -1.26. The van der Waals surface area contributed by atoms with Crippen LogP contribution in [0.1, 0.15) is 27.2 Å². The Morgan fingerprint density at radius 3 is 2.70 bits per heavy atom. The van der Waals surface area contributed by atoms with Crippen LogP contribution in [-0.4, -0.2) is 53.9 Å². The molecular formula is C18H27NO4. The molecule has 1 N–H and O–H groups in total. The van der Waals surface area contributed by atoms with Crippen LogP contribution in [0, 0.1) is 5.92 Å². The Balaban J connectivity index is 2.03. The first kappa shape index (κ1) is 17.8. The Labute approximate surface area is 138 Å². The van der Waals surface area contributed by atoms with E-state index in [0.717, 1.165) is 6.42 Å². The van der Waals surface area contributed by atoms with Crippen LogP contribution in [0.4, 0.5) is 0 Å². The molecule has 128 valence electrons. The van der Waals surface area contributed by atoms with E-state index < -0.39 is 11.7 Å². The molecule has 1 amide bonds. The zero-order valence-electron chi connectivity index (χ0n) is 14.2. The largest absolute Gasteiger partial charge is 0.478 e. The summed E-state index contributed by atoms with van der Waals surface area (Å²) in [5.41, 5.74) is -1.26. The summed E-state index contributed by atoms with van der Waals surface area (Å²) < 4.78 is 11.2. The minimum absolute atomic E-state index is 0.166. The van der Waals surface area contributed by atoms with Gasteiger partial charge in [-0.15, -0.1) is 0 Å². The molecule has 1 aliphatic rings. The number of carbonyl (C=O) groups excluding carboxylic acids is 1. The van der Waals surface area contributed by atoms with Crippen LogP contribution in [0.25, 0.3) is 0 Å². The van der Waals surface area contributed by atoms with Crippen LogP contribution < -0.4 is 4.74 Å². The Morgan fingerprint density at radius 1 is 1.39 bits per heavy atom. The maximum Gasteiger partial charge on any atom is 0.266 e. The van der Waals surface area contributed by atoms with E-state index in [-0.39, 0.29) is 5.91 Å². The molecule has 1 fully saturated rings. The van der Waals surface area contributed by atoms with Crippen LogP contribution in [0.2, 0.25) is 0 Å². The predicted octanol–water partition coefficient (Wildman–Crippen LogP) is 2.09. The van der Waals surface area contributed by atoms with Crippen molar-refractivity contribution in [3.05, 3.63) is 30.3 Å². The van der Waals surface area contributed by atoms with Crippen molar-refractivity contribution in [1.82, 2.24) is 4.90 Å². The van der Waals surface area contributed by atoms with Gasteiger partial charge in [-0.25, -0.2) is 0 Å². The van der Waals surface area contributed by atoms with Gasteiger partial charge in [-0.1, -0.05) is 18.2 Å². The van der Waals surface area contributed by atoms with Crippen molar-refractivity contribution in [3.63, 3.8) is 0 Å². The standard InChI is InChI=1S/C18H27NO4/c1-4-22-13-14-10-11-19(12-14)17(20)16(18(2,3)21)23-15-8-6-5-7-9-15/h5-9,14,16,21H,4,10-13H2,1-3H3/t14-,16-/m0/s1. The molecule has 0 radical (unpaired) electrons. The zero-order chi connectivity index (χ0) is 16.9. The Kier molecular flexibility index (Phi) is 6.02. The molecule has 1 heterocycles. The topological polar surface area (TPSA) is 59.0 Å². The average Bonchev–Trinajstić information content (AvgIpc) is 2.99. The van der Waals surface area contributed by atoms with Crippen LogP contribution in [0.15, 0.2) is 30.3 Å². The Morgan fingerprint density at radius 2 is 2.09 bits per heavy atom. The first-order valence-electron chi connectivity index (χ1n) is 8.22. The average molecular weight is 321 g/mol. The fourth-order valence-electron chi connectivity index (χ4n) is 2.75. The summed E-state index contributed by atoms with van der Waals surface area (Å²) in [7, 11) is 0. The van der Waals surface area contributed by atoms with E-state index in [1.807, 2.05) is 25.1 Å². The molecule has 5 nitrogen and oxygen atoms in total. The van der Waals surface area contributed by atoms with Crippen LogP contribution >= 0.6 is 0 Å². The number of ether oxygens (including phenoxy) is 2. The van der Waals surface area contributed by atoms with Crippen molar-refractivity contribution in [2.24, 2.45) is 5.92 Å². The number of likely N-dealkylation sites (tertiary alicyclic amines) is 1. The summed E-state index contributed by atoms with van der Waals surface area (Å²) in [5.74, 6) is 0.775. The lowest BCUT2D eigenvalue weighted by atomic mass is 10.0. The van der Waals surface area contributed by atoms with Crippen molar-refractivity contribution in [3.8, 4) is 5.75 Å². The monoisotopic (exact) mass is 321 g/mol. The van der Waals surface area contributed by atoms with E-state index >= 15 is 0 Å². The van der Waals surface area contributed by atoms with Gasteiger partial charge in [0.2, 0.25) is 6.10 Å². The summed E-state index contributed by atoms with van der Waals surface area (Å²) in [6, 6.07) is 9.14. The molecule has 0 spiro atoms. The molecule has 1 aromatic carbocycles. The highest BCUT2D eigenvalue weighted by molar-refractivity contribution is 5.82. The van der Waals surface area contributed by atoms with Gasteiger partial charge < -0.3 is 19.5 Å². The van der Waals surface area contributed by atoms with Gasteiger partial charge in [-0.2, -0.15) is 0 Å². The quantitative estimate of drug-likeness (QED) is 0.835. The molecule has 1 aromatic rings.